The van der Waals surface area contributed by atoms with Gasteiger partial charge in [-0.05, 0) is 62.4 Å². The van der Waals surface area contributed by atoms with Gasteiger partial charge in [0.25, 0.3) is 5.56 Å². The van der Waals surface area contributed by atoms with E-state index in [0.29, 0.717) is 18.1 Å². The van der Waals surface area contributed by atoms with Crippen LogP contribution in [0.5, 0.6) is 0 Å². The van der Waals surface area contributed by atoms with Crippen LogP contribution in [0.1, 0.15) is 35.2 Å². The average molecular weight is 369 g/mol. The summed E-state index contributed by atoms with van der Waals surface area (Å²) >= 11 is 1.62. The van der Waals surface area contributed by atoms with Gasteiger partial charge in [-0.3, -0.25) is 14.1 Å². The fourth-order valence-corrected chi connectivity index (χ4v) is 4.60. The number of aliphatic hydroxyl groups excluding tert-OH is 1. The highest BCUT2D eigenvalue weighted by Gasteiger charge is 2.27. The monoisotopic (exact) mass is 369 g/mol. The molecule has 0 aromatic carbocycles. The van der Waals surface area contributed by atoms with Crippen molar-refractivity contribution in [3.8, 4) is 0 Å². The molecule has 0 bridgehead atoms. The first-order chi connectivity index (χ1) is 12.6. The SMILES string of the molecule is Cc1cccc2nc(CN3CCC([C@H](O)c4cccs4)CC3)cc(=O)n12. The van der Waals surface area contributed by atoms with Gasteiger partial charge in [0.1, 0.15) is 5.65 Å². The zero-order valence-corrected chi connectivity index (χ0v) is 15.7. The number of rotatable bonds is 4. The molecule has 1 aliphatic heterocycles. The second kappa shape index (κ2) is 7.31. The molecule has 3 aromatic rings. The van der Waals surface area contributed by atoms with Gasteiger partial charge in [0.05, 0.1) is 11.8 Å². The van der Waals surface area contributed by atoms with Gasteiger partial charge in [0.15, 0.2) is 0 Å². The highest BCUT2D eigenvalue weighted by Crippen LogP contribution is 2.33. The van der Waals surface area contributed by atoms with E-state index in [-0.39, 0.29) is 11.7 Å². The number of piperidine rings is 1. The maximum absolute atomic E-state index is 12.4. The van der Waals surface area contributed by atoms with E-state index in [1.807, 2.05) is 42.6 Å². The van der Waals surface area contributed by atoms with Crippen molar-refractivity contribution in [2.24, 2.45) is 5.92 Å². The van der Waals surface area contributed by atoms with Crippen LogP contribution in [0.3, 0.4) is 0 Å². The molecule has 26 heavy (non-hydrogen) atoms. The Bertz CT molecular complexity index is 943. The third kappa shape index (κ3) is 3.45. The fourth-order valence-electron chi connectivity index (χ4n) is 3.79. The maximum Gasteiger partial charge on any atom is 0.258 e. The Morgan fingerprint density at radius 2 is 2.08 bits per heavy atom. The normalized spacial score (nSPS) is 17.6. The van der Waals surface area contributed by atoms with Crippen molar-refractivity contribution in [1.82, 2.24) is 14.3 Å². The lowest BCUT2D eigenvalue weighted by atomic mass is 9.90. The highest BCUT2D eigenvalue weighted by molar-refractivity contribution is 7.10. The minimum atomic E-state index is -0.358. The Hall–Kier alpha value is -2.02. The van der Waals surface area contributed by atoms with Gasteiger partial charge < -0.3 is 5.11 Å². The van der Waals surface area contributed by atoms with E-state index in [2.05, 4.69) is 9.88 Å². The number of thiophene rings is 1. The summed E-state index contributed by atoms with van der Waals surface area (Å²) in [6, 6.07) is 11.4. The highest BCUT2D eigenvalue weighted by atomic mass is 32.1. The quantitative estimate of drug-likeness (QED) is 0.768. The Labute approximate surface area is 156 Å². The van der Waals surface area contributed by atoms with Crippen LogP contribution in [0.4, 0.5) is 0 Å². The lowest BCUT2D eigenvalue weighted by molar-refractivity contribution is 0.0587. The molecule has 1 saturated heterocycles. The molecule has 3 aromatic heterocycles. The van der Waals surface area contributed by atoms with Crippen LogP contribution >= 0.6 is 11.3 Å². The molecule has 0 amide bonds. The zero-order chi connectivity index (χ0) is 18.1. The smallest absolute Gasteiger partial charge is 0.258 e. The maximum atomic E-state index is 12.4. The van der Waals surface area contributed by atoms with Crippen molar-refractivity contribution in [3.05, 3.63) is 68.4 Å². The van der Waals surface area contributed by atoms with Crippen LogP contribution in [0.2, 0.25) is 0 Å². The van der Waals surface area contributed by atoms with E-state index in [9.17, 15) is 9.90 Å². The molecule has 0 unspecified atom stereocenters. The Balaban J connectivity index is 1.43. The number of likely N-dealkylation sites (tertiary alicyclic amines) is 1. The van der Waals surface area contributed by atoms with Crippen LogP contribution in [0.15, 0.2) is 46.6 Å². The van der Waals surface area contributed by atoms with Crippen molar-refractivity contribution in [3.63, 3.8) is 0 Å². The summed E-state index contributed by atoms with van der Waals surface area (Å²) in [5, 5.41) is 12.5. The minimum absolute atomic E-state index is 0.0221. The molecule has 0 spiro atoms. The molecule has 0 radical (unpaired) electrons. The van der Waals surface area contributed by atoms with Gasteiger partial charge in [0, 0.05) is 23.2 Å². The first-order valence-electron chi connectivity index (χ1n) is 9.04. The second-order valence-electron chi connectivity index (χ2n) is 7.02. The van der Waals surface area contributed by atoms with Crippen LogP contribution in [0, 0.1) is 12.8 Å². The lowest BCUT2D eigenvalue weighted by Gasteiger charge is -2.33. The largest absolute Gasteiger partial charge is 0.387 e. The van der Waals surface area contributed by atoms with Crippen LogP contribution in [0.25, 0.3) is 5.65 Å². The van der Waals surface area contributed by atoms with E-state index in [1.54, 1.807) is 21.8 Å². The molecule has 0 aliphatic carbocycles. The Morgan fingerprint density at radius 3 is 2.81 bits per heavy atom. The number of hydrogen-bond acceptors (Lipinski definition) is 5. The van der Waals surface area contributed by atoms with Gasteiger partial charge in [-0.2, -0.15) is 0 Å². The summed E-state index contributed by atoms with van der Waals surface area (Å²) in [7, 11) is 0. The van der Waals surface area contributed by atoms with E-state index in [4.69, 9.17) is 0 Å². The summed E-state index contributed by atoms with van der Waals surface area (Å²) in [5.74, 6) is 0.308. The number of fused-ring (bicyclic) bond motifs is 1. The Kier molecular flexibility index (Phi) is 4.89. The first-order valence-corrected chi connectivity index (χ1v) is 9.92. The topological polar surface area (TPSA) is 57.8 Å². The van der Waals surface area contributed by atoms with Crippen molar-refractivity contribution in [1.29, 1.82) is 0 Å². The number of hydrogen-bond donors (Lipinski definition) is 1. The first kappa shape index (κ1) is 17.4. The molecule has 1 aliphatic rings. The predicted molar refractivity (Wildman–Crippen MR) is 103 cm³/mol. The molecular formula is C20H23N3O2S. The van der Waals surface area contributed by atoms with E-state index >= 15 is 0 Å². The van der Waals surface area contributed by atoms with Gasteiger partial charge >= 0.3 is 0 Å². The standard InChI is InChI=1S/C20H23N3O2S/c1-14-4-2-6-18-21-16(12-19(24)23(14)18)13-22-9-7-15(8-10-22)20(25)17-5-3-11-26-17/h2-6,11-12,15,20,25H,7-10,13H2,1H3/t20-/m0/s1. The van der Waals surface area contributed by atoms with E-state index in [0.717, 1.165) is 42.2 Å². The third-order valence-electron chi connectivity index (χ3n) is 5.23. The molecular weight excluding hydrogens is 346 g/mol. The number of aliphatic hydroxyl groups is 1. The second-order valence-corrected chi connectivity index (χ2v) is 8.00. The molecule has 1 N–H and O–H groups in total. The predicted octanol–water partition coefficient (Wildman–Crippen LogP) is 3.01. The van der Waals surface area contributed by atoms with Gasteiger partial charge in [-0.25, -0.2) is 4.98 Å². The molecule has 4 heterocycles. The van der Waals surface area contributed by atoms with Gasteiger partial charge in [-0.1, -0.05) is 12.1 Å². The van der Waals surface area contributed by atoms with E-state index in [1.165, 1.54) is 0 Å². The number of nitrogens with zero attached hydrogens (tertiary/aromatic N) is 3. The molecule has 1 fully saturated rings. The van der Waals surface area contributed by atoms with E-state index < -0.39 is 0 Å². The summed E-state index contributed by atoms with van der Waals surface area (Å²) in [6.45, 7) is 4.44. The summed E-state index contributed by atoms with van der Waals surface area (Å²) < 4.78 is 1.65. The van der Waals surface area contributed by atoms with Crippen molar-refractivity contribution in [2.75, 3.05) is 13.1 Å². The van der Waals surface area contributed by atoms with Crippen LogP contribution < -0.4 is 5.56 Å². The summed E-state index contributed by atoms with van der Waals surface area (Å²) in [6.07, 6.45) is 1.57. The molecule has 6 heteroatoms. The molecule has 4 rings (SSSR count). The van der Waals surface area contributed by atoms with Crippen molar-refractivity contribution in [2.45, 2.75) is 32.4 Å². The Morgan fingerprint density at radius 1 is 1.27 bits per heavy atom. The number of pyridine rings is 1. The molecule has 1 atom stereocenters. The summed E-state index contributed by atoms with van der Waals surface area (Å²) in [4.78, 5) is 20.5. The minimum Gasteiger partial charge on any atom is -0.387 e. The zero-order valence-electron chi connectivity index (χ0n) is 14.8. The fraction of sp³-hybridized carbons (Fsp3) is 0.400. The van der Waals surface area contributed by atoms with Gasteiger partial charge in [0.2, 0.25) is 0 Å². The third-order valence-corrected chi connectivity index (χ3v) is 6.18. The average Bonchev–Trinajstić information content (AvgIpc) is 3.16. The molecule has 0 saturated carbocycles. The van der Waals surface area contributed by atoms with Crippen LogP contribution in [-0.2, 0) is 6.54 Å². The van der Waals surface area contributed by atoms with Crippen molar-refractivity contribution >= 4 is 17.0 Å². The van der Waals surface area contributed by atoms with Gasteiger partial charge in [-0.15, -0.1) is 11.3 Å². The number of aromatic nitrogens is 2. The lowest BCUT2D eigenvalue weighted by Crippen LogP contribution is -2.35. The number of aryl methyl sites for hydroxylation is 1. The van der Waals surface area contributed by atoms with Crippen LogP contribution in [-0.4, -0.2) is 32.5 Å². The summed E-state index contributed by atoms with van der Waals surface area (Å²) in [5.41, 5.74) is 2.40. The molecule has 5 nitrogen and oxygen atoms in total. The van der Waals surface area contributed by atoms with Crippen molar-refractivity contribution < 1.29 is 5.11 Å². The molecule has 136 valence electrons.